The van der Waals surface area contributed by atoms with Gasteiger partial charge in [0.15, 0.2) is 5.76 Å². The Balaban J connectivity index is 1.72. The van der Waals surface area contributed by atoms with Crippen molar-refractivity contribution in [2.45, 2.75) is 57.1 Å². The molecule has 1 N–H and O–H groups in total. The maximum atomic E-state index is 13.8. The Morgan fingerprint density at radius 1 is 1.46 bits per heavy atom. The molecule has 3 rings (SSSR count). The fraction of sp³-hybridized carbons (Fsp3) is 0.733. The summed E-state index contributed by atoms with van der Waals surface area (Å²) in [4.78, 5) is 14.0. The third kappa shape index (κ3) is 3.06. The Bertz CT molecular complexity index is 737. The van der Waals surface area contributed by atoms with Crippen molar-refractivity contribution in [2.75, 3.05) is 13.1 Å². The highest BCUT2D eigenvalue weighted by Crippen LogP contribution is 2.47. The van der Waals surface area contributed by atoms with Crippen LogP contribution < -0.4 is 4.72 Å². The van der Waals surface area contributed by atoms with Gasteiger partial charge in [-0.25, -0.2) is 17.5 Å². The van der Waals surface area contributed by atoms with E-state index in [9.17, 15) is 17.6 Å². The molecule has 0 bridgehead atoms. The summed E-state index contributed by atoms with van der Waals surface area (Å²) in [7, 11) is -3.82. The van der Waals surface area contributed by atoms with E-state index in [-0.39, 0.29) is 41.8 Å². The van der Waals surface area contributed by atoms with E-state index in [0.717, 1.165) is 12.8 Å². The van der Waals surface area contributed by atoms with E-state index in [2.05, 4.69) is 9.88 Å². The number of carbonyl (C=O) groups is 1. The quantitative estimate of drug-likeness (QED) is 0.856. The monoisotopic (exact) mass is 359 g/mol. The van der Waals surface area contributed by atoms with Crippen molar-refractivity contribution < 1.29 is 22.1 Å². The Kier molecular flexibility index (Phi) is 4.19. The number of aromatic nitrogens is 1. The first-order valence-corrected chi connectivity index (χ1v) is 9.50. The zero-order chi connectivity index (χ0) is 17.7. The SMILES string of the molecule is Cc1noc(C)c1S(=O)(=O)NC[C@@H]1C[C@H](F)CN1C(=O)C1(C)CC1. The molecule has 2 fully saturated rings. The summed E-state index contributed by atoms with van der Waals surface area (Å²) in [5.74, 6) is 0.123. The summed E-state index contributed by atoms with van der Waals surface area (Å²) in [5.41, 5.74) is -0.128. The summed E-state index contributed by atoms with van der Waals surface area (Å²) in [6.07, 6.45) is 0.629. The van der Waals surface area contributed by atoms with Gasteiger partial charge in [0.05, 0.1) is 6.54 Å². The minimum absolute atomic E-state index is 0.00401. The highest BCUT2D eigenvalue weighted by Gasteiger charge is 2.50. The van der Waals surface area contributed by atoms with Gasteiger partial charge in [-0.05, 0) is 26.7 Å². The van der Waals surface area contributed by atoms with Gasteiger partial charge >= 0.3 is 0 Å². The zero-order valence-corrected chi connectivity index (χ0v) is 14.8. The summed E-state index contributed by atoms with van der Waals surface area (Å²) < 4.78 is 46.1. The molecule has 0 spiro atoms. The number of rotatable bonds is 5. The molecule has 2 aliphatic rings. The van der Waals surface area contributed by atoms with E-state index in [4.69, 9.17) is 4.52 Å². The fourth-order valence-corrected chi connectivity index (χ4v) is 4.58. The van der Waals surface area contributed by atoms with Gasteiger partial charge in [-0.3, -0.25) is 4.79 Å². The Hall–Kier alpha value is -1.48. The van der Waals surface area contributed by atoms with Crippen LogP contribution in [-0.2, 0) is 14.8 Å². The molecule has 24 heavy (non-hydrogen) atoms. The van der Waals surface area contributed by atoms with E-state index in [1.165, 1.54) is 11.8 Å². The lowest BCUT2D eigenvalue weighted by atomic mass is 10.1. The molecule has 2 heterocycles. The van der Waals surface area contributed by atoms with Crippen molar-refractivity contribution in [3.63, 3.8) is 0 Å². The van der Waals surface area contributed by atoms with Gasteiger partial charge in [0.2, 0.25) is 15.9 Å². The van der Waals surface area contributed by atoms with Crippen LogP contribution in [0.15, 0.2) is 9.42 Å². The lowest BCUT2D eigenvalue weighted by molar-refractivity contribution is -0.137. The molecule has 1 amide bonds. The highest BCUT2D eigenvalue weighted by atomic mass is 32.2. The minimum Gasteiger partial charge on any atom is -0.360 e. The fourth-order valence-electron chi connectivity index (χ4n) is 3.19. The zero-order valence-electron chi connectivity index (χ0n) is 14.0. The summed E-state index contributed by atoms with van der Waals surface area (Å²) >= 11 is 0. The molecule has 0 radical (unpaired) electrons. The van der Waals surface area contributed by atoms with Crippen LogP contribution in [0.5, 0.6) is 0 Å². The molecule has 1 saturated heterocycles. The third-order valence-corrected chi connectivity index (χ3v) is 6.55. The van der Waals surface area contributed by atoms with Crippen LogP contribution in [0, 0.1) is 19.3 Å². The number of aryl methyl sites for hydroxylation is 2. The molecule has 1 aromatic heterocycles. The number of nitrogens with one attached hydrogen (secondary N) is 1. The molecule has 2 atom stereocenters. The molecule has 0 aromatic carbocycles. The lowest BCUT2D eigenvalue weighted by Gasteiger charge is -2.27. The van der Waals surface area contributed by atoms with E-state index in [1.54, 1.807) is 6.92 Å². The number of hydrogen-bond donors (Lipinski definition) is 1. The average Bonchev–Trinajstić information content (AvgIpc) is 2.99. The number of halogens is 1. The van der Waals surface area contributed by atoms with E-state index < -0.39 is 27.7 Å². The first-order chi connectivity index (χ1) is 11.1. The molecule has 1 aliphatic carbocycles. The second-order valence-corrected chi connectivity index (χ2v) is 8.71. The largest absolute Gasteiger partial charge is 0.360 e. The predicted molar refractivity (Wildman–Crippen MR) is 83.5 cm³/mol. The first-order valence-electron chi connectivity index (χ1n) is 8.02. The van der Waals surface area contributed by atoms with Gasteiger partial charge in [-0.2, -0.15) is 0 Å². The van der Waals surface area contributed by atoms with Crippen molar-refractivity contribution in [1.82, 2.24) is 14.8 Å². The maximum Gasteiger partial charge on any atom is 0.246 e. The average molecular weight is 359 g/mol. The normalized spacial score (nSPS) is 25.9. The van der Waals surface area contributed by atoms with Gasteiger partial charge in [0.1, 0.15) is 16.8 Å². The van der Waals surface area contributed by atoms with E-state index in [1.807, 2.05) is 6.92 Å². The first kappa shape index (κ1) is 17.3. The lowest BCUT2D eigenvalue weighted by Crippen LogP contribution is -2.45. The number of nitrogens with zero attached hydrogens (tertiary/aromatic N) is 2. The number of amides is 1. The van der Waals surface area contributed by atoms with Crippen molar-refractivity contribution >= 4 is 15.9 Å². The summed E-state index contributed by atoms with van der Waals surface area (Å²) in [5, 5.41) is 3.64. The highest BCUT2D eigenvalue weighted by molar-refractivity contribution is 7.89. The molecule has 7 nitrogen and oxygen atoms in total. The number of sulfonamides is 1. The summed E-state index contributed by atoms with van der Waals surface area (Å²) in [6, 6.07) is -0.472. The van der Waals surface area contributed by atoms with Gasteiger partial charge in [-0.1, -0.05) is 12.1 Å². The van der Waals surface area contributed by atoms with Crippen molar-refractivity contribution in [2.24, 2.45) is 5.41 Å². The number of alkyl halides is 1. The van der Waals surface area contributed by atoms with E-state index >= 15 is 0 Å². The van der Waals surface area contributed by atoms with Crippen LogP contribution in [0.25, 0.3) is 0 Å². The van der Waals surface area contributed by atoms with Crippen molar-refractivity contribution in [3.8, 4) is 0 Å². The van der Waals surface area contributed by atoms with Gasteiger partial charge in [0.25, 0.3) is 0 Å². The molecule has 1 saturated carbocycles. The molecular formula is C15H22FN3O4S. The van der Waals surface area contributed by atoms with Crippen LogP contribution in [0.4, 0.5) is 4.39 Å². The molecule has 0 unspecified atom stereocenters. The Morgan fingerprint density at radius 3 is 2.67 bits per heavy atom. The third-order valence-electron chi connectivity index (χ3n) is 4.89. The molecule has 1 aliphatic heterocycles. The van der Waals surface area contributed by atoms with Crippen LogP contribution in [0.2, 0.25) is 0 Å². The van der Waals surface area contributed by atoms with Crippen molar-refractivity contribution in [1.29, 1.82) is 0 Å². The molecular weight excluding hydrogens is 337 g/mol. The van der Waals surface area contributed by atoms with Gasteiger partial charge in [-0.15, -0.1) is 0 Å². The number of carbonyl (C=O) groups excluding carboxylic acids is 1. The minimum atomic E-state index is -3.82. The standard InChI is InChI=1S/C15H22FN3O4S/c1-9-13(10(2)23-18-9)24(21,22)17-7-12-6-11(16)8-19(12)14(20)15(3)4-5-15/h11-12,17H,4-8H2,1-3H3/t11-,12-/m0/s1. The predicted octanol–water partition coefficient (Wildman–Crippen LogP) is 1.31. The van der Waals surface area contributed by atoms with Crippen LogP contribution >= 0.6 is 0 Å². The van der Waals surface area contributed by atoms with Gasteiger partial charge in [0, 0.05) is 24.4 Å². The molecule has 1 aromatic rings. The number of hydrogen-bond acceptors (Lipinski definition) is 5. The van der Waals surface area contributed by atoms with Gasteiger partial charge < -0.3 is 9.42 Å². The van der Waals surface area contributed by atoms with Crippen LogP contribution in [0.1, 0.15) is 37.6 Å². The Labute approximate surface area is 140 Å². The van der Waals surface area contributed by atoms with Crippen LogP contribution in [-0.4, -0.2) is 49.7 Å². The molecule has 9 heteroatoms. The van der Waals surface area contributed by atoms with E-state index in [0.29, 0.717) is 0 Å². The second-order valence-electron chi connectivity index (χ2n) is 7.01. The Morgan fingerprint density at radius 2 is 2.12 bits per heavy atom. The second kappa shape index (κ2) is 5.80. The molecule has 134 valence electrons. The topological polar surface area (TPSA) is 92.5 Å². The smallest absolute Gasteiger partial charge is 0.246 e. The van der Waals surface area contributed by atoms with Crippen LogP contribution in [0.3, 0.4) is 0 Å². The number of likely N-dealkylation sites (tertiary alicyclic amines) is 1. The maximum absolute atomic E-state index is 13.8. The van der Waals surface area contributed by atoms with Crippen molar-refractivity contribution in [3.05, 3.63) is 11.5 Å². The summed E-state index contributed by atoms with van der Waals surface area (Å²) in [6.45, 7) is 4.94.